The Kier molecular flexibility index (Phi) is 8.67. The molecule has 1 aliphatic rings. The number of likely N-dealkylation sites (tertiary alicyclic amines) is 1. The number of aliphatic hydroxyl groups excluding tert-OH is 1. The molecule has 2 N–H and O–H groups in total. The Morgan fingerprint density at radius 2 is 1.75 bits per heavy atom. The molecule has 4 aromatic rings. The Balaban J connectivity index is 1.29. The number of rotatable bonds is 9. The molecule has 0 radical (unpaired) electrons. The van der Waals surface area contributed by atoms with Gasteiger partial charge in [0.1, 0.15) is 0 Å². The van der Waals surface area contributed by atoms with Gasteiger partial charge in [-0.25, -0.2) is 0 Å². The lowest BCUT2D eigenvalue weighted by Crippen LogP contribution is -2.44. The van der Waals surface area contributed by atoms with Crippen LogP contribution in [0.25, 0.3) is 22.2 Å². The van der Waals surface area contributed by atoms with E-state index in [9.17, 15) is 9.90 Å². The molecule has 210 valence electrons. The summed E-state index contributed by atoms with van der Waals surface area (Å²) in [5.41, 5.74) is 9.50. The van der Waals surface area contributed by atoms with Crippen molar-refractivity contribution in [3.8, 4) is 11.3 Å². The molecule has 0 saturated carbocycles. The number of aryl methyl sites for hydroxylation is 2. The van der Waals surface area contributed by atoms with E-state index in [1.54, 1.807) is 0 Å². The number of hydrogen-bond acceptors (Lipinski definition) is 4. The molecule has 0 atom stereocenters. The first-order valence-electron chi connectivity index (χ1n) is 14.6. The Bertz CT molecular complexity index is 1430. The lowest BCUT2D eigenvalue weighted by atomic mass is 9.87. The third-order valence-electron chi connectivity index (χ3n) is 8.15. The van der Waals surface area contributed by atoms with Crippen LogP contribution in [0.1, 0.15) is 66.6 Å². The molecular formula is C34H42N4O2. The molecule has 1 saturated heterocycles. The topological polar surface area (TPSA) is 72.5 Å². The van der Waals surface area contributed by atoms with Crippen molar-refractivity contribution in [3.05, 3.63) is 88.7 Å². The summed E-state index contributed by atoms with van der Waals surface area (Å²) >= 11 is 0. The van der Waals surface area contributed by atoms with Gasteiger partial charge in [-0.2, -0.15) is 0 Å². The van der Waals surface area contributed by atoms with Gasteiger partial charge in [0.25, 0.3) is 0 Å². The number of hydrogen-bond donors (Lipinski definition) is 2. The van der Waals surface area contributed by atoms with Gasteiger partial charge in [-0.1, -0.05) is 50.2 Å². The highest BCUT2D eigenvalue weighted by atomic mass is 16.3. The Morgan fingerprint density at radius 3 is 2.40 bits per heavy atom. The van der Waals surface area contributed by atoms with Crippen molar-refractivity contribution in [1.82, 2.24) is 19.8 Å². The summed E-state index contributed by atoms with van der Waals surface area (Å²) in [6.45, 7) is 11.7. The van der Waals surface area contributed by atoms with Crippen LogP contribution in [0.4, 0.5) is 0 Å². The fourth-order valence-electron chi connectivity index (χ4n) is 6.24. The van der Waals surface area contributed by atoms with Crippen molar-refractivity contribution in [2.24, 2.45) is 0 Å². The number of H-pyrrole nitrogens is 1. The van der Waals surface area contributed by atoms with Gasteiger partial charge in [-0.15, -0.1) is 0 Å². The van der Waals surface area contributed by atoms with Crippen LogP contribution < -0.4 is 0 Å². The number of nitrogens with one attached hydrogen (secondary N) is 1. The average molecular weight is 539 g/mol. The number of benzene rings is 2. The average Bonchev–Trinajstić information content (AvgIpc) is 3.33. The van der Waals surface area contributed by atoms with Crippen molar-refractivity contribution in [3.63, 3.8) is 0 Å². The van der Waals surface area contributed by atoms with E-state index in [0.717, 1.165) is 42.9 Å². The summed E-state index contributed by atoms with van der Waals surface area (Å²) in [6, 6.07) is 21.4. The first-order valence-corrected chi connectivity index (χ1v) is 14.6. The minimum atomic E-state index is 0.0459. The van der Waals surface area contributed by atoms with E-state index in [2.05, 4.69) is 80.1 Å². The van der Waals surface area contributed by atoms with Gasteiger partial charge in [0, 0.05) is 54.0 Å². The minimum absolute atomic E-state index is 0.0459. The highest BCUT2D eigenvalue weighted by Crippen LogP contribution is 2.38. The maximum atomic E-state index is 13.2. The van der Waals surface area contributed by atoms with Crippen molar-refractivity contribution in [2.45, 2.75) is 58.9 Å². The quantitative estimate of drug-likeness (QED) is 0.267. The summed E-state index contributed by atoms with van der Waals surface area (Å²) in [5, 5.41) is 10.8. The Hall–Kier alpha value is -3.48. The monoisotopic (exact) mass is 538 g/mol. The van der Waals surface area contributed by atoms with Crippen LogP contribution in [-0.2, 0) is 11.3 Å². The molecular weight excluding hydrogens is 496 g/mol. The maximum absolute atomic E-state index is 13.2. The zero-order chi connectivity index (χ0) is 28.2. The predicted octanol–water partition coefficient (Wildman–Crippen LogP) is 6.17. The fourth-order valence-corrected chi connectivity index (χ4v) is 6.24. The van der Waals surface area contributed by atoms with E-state index in [0.29, 0.717) is 31.5 Å². The van der Waals surface area contributed by atoms with E-state index in [1.807, 2.05) is 28.0 Å². The number of piperidine rings is 1. The number of carbonyl (C=O) groups excluding carboxylic acids is 1. The van der Waals surface area contributed by atoms with E-state index in [4.69, 9.17) is 0 Å². The van der Waals surface area contributed by atoms with Gasteiger partial charge in [-0.3, -0.25) is 14.7 Å². The SMILES string of the molecule is Cc1cc(-c2[nH]c3ccc(C4CCN(C(=O)CN(CCO)Cc5ccccc5)CC4)cc3c2C(C)C)cc(C)n1. The van der Waals surface area contributed by atoms with Crippen LogP contribution in [0.5, 0.6) is 0 Å². The number of aliphatic hydroxyl groups is 1. The Morgan fingerprint density at radius 1 is 1.05 bits per heavy atom. The van der Waals surface area contributed by atoms with Crippen LogP contribution in [0.15, 0.2) is 60.7 Å². The lowest BCUT2D eigenvalue weighted by Gasteiger charge is -2.34. The maximum Gasteiger partial charge on any atom is 0.236 e. The van der Waals surface area contributed by atoms with Crippen LogP contribution in [0.2, 0.25) is 0 Å². The highest BCUT2D eigenvalue weighted by molar-refractivity contribution is 5.92. The molecule has 1 amide bonds. The number of nitrogens with zero attached hydrogens (tertiary/aromatic N) is 3. The van der Waals surface area contributed by atoms with Gasteiger partial charge in [0.05, 0.1) is 18.8 Å². The van der Waals surface area contributed by atoms with E-state index in [-0.39, 0.29) is 12.5 Å². The number of carbonyl (C=O) groups is 1. The highest BCUT2D eigenvalue weighted by Gasteiger charge is 2.26. The van der Waals surface area contributed by atoms with Crippen molar-refractivity contribution < 1.29 is 9.90 Å². The molecule has 6 nitrogen and oxygen atoms in total. The number of aromatic amines is 1. The normalized spacial score (nSPS) is 14.5. The van der Waals surface area contributed by atoms with Gasteiger partial charge in [0.15, 0.2) is 0 Å². The summed E-state index contributed by atoms with van der Waals surface area (Å²) in [5.74, 6) is 0.971. The first kappa shape index (κ1) is 28.1. The second kappa shape index (κ2) is 12.4. The molecule has 1 aliphatic heterocycles. The largest absolute Gasteiger partial charge is 0.395 e. The first-order chi connectivity index (χ1) is 19.3. The smallest absolute Gasteiger partial charge is 0.236 e. The molecule has 1 fully saturated rings. The molecule has 2 aromatic heterocycles. The van der Waals surface area contributed by atoms with E-state index < -0.39 is 0 Å². The van der Waals surface area contributed by atoms with Crippen LogP contribution >= 0.6 is 0 Å². The summed E-state index contributed by atoms with van der Waals surface area (Å²) in [6.07, 6.45) is 1.93. The molecule has 6 heteroatoms. The standard InChI is InChI=1S/C34H42N4O2/c1-23(2)33-30-20-28(10-11-31(30)36-34(33)29-18-24(3)35-25(4)19-29)27-12-14-38(15-13-27)32(40)22-37(16-17-39)21-26-8-6-5-7-9-26/h5-11,18-20,23,27,36,39H,12-17,21-22H2,1-4H3. The van der Waals surface area contributed by atoms with Crippen LogP contribution in [-0.4, -0.2) is 63.6 Å². The van der Waals surface area contributed by atoms with Crippen LogP contribution in [0, 0.1) is 13.8 Å². The molecule has 2 aromatic carbocycles. The third-order valence-corrected chi connectivity index (χ3v) is 8.15. The molecule has 0 bridgehead atoms. The lowest BCUT2D eigenvalue weighted by molar-refractivity contribution is -0.133. The predicted molar refractivity (Wildman–Crippen MR) is 162 cm³/mol. The molecule has 3 heterocycles. The molecule has 5 rings (SSSR count). The van der Waals surface area contributed by atoms with Crippen molar-refractivity contribution >= 4 is 16.8 Å². The molecule has 0 aliphatic carbocycles. The number of fused-ring (bicyclic) bond motifs is 1. The van der Waals surface area contributed by atoms with E-state index in [1.165, 1.54) is 33.3 Å². The summed E-state index contributed by atoms with van der Waals surface area (Å²) in [7, 11) is 0. The van der Waals surface area contributed by atoms with Gasteiger partial charge < -0.3 is 15.0 Å². The molecule has 40 heavy (non-hydrogen) atoms. The zero-order valence-corrected chi connectivity index (χ0v) is 24.3. The summed E-state index contributed by atoms with van der Waals surface area (Å²) in [4.78, 5) is 25.5. The second-order valence-electron chi connectivity index (χ2n) is 11.6. The number of pyridine rings is 1. The van der Waals surface area contributed by atoms with Crippen molar-refractivity contribution in [2.75, 3.05) is 32.8 Å². The zero-order valence-electron chi connectivity index (χ0n) is 24.3. The van der Waals surface area contributed by atoms with Crippen molar-refractivity contribution in [1.29, 1.82) is 0 Å². The third kappa shape index (κ3) is 6.29. The van der Waals surface area contributed by atoms with Gasteiger partial charge in [-0.05, 0) is 79.5 Å². The number of aromatic nitrogens is 2. The molecule has 0 spiro atoms. The van der Waals surface area contributed by atoms with E-state index >= 15 is 0 Å². The number of amides is 1. The van der Waals surface area contributed by atoms with Gasteiger partial charge in [0.2, 0.25) is 5.91 Å². The minimum Gasteiger partial charge on any atom is -0.395 e. The van der Waals surface area contributed by atoms with Gasteiger partial charge >= 0.3 is 0 Å². The van der Waals surface area contributed by atoms with Crippen LogP contribution in [0.3, 0.4) is 0 Å². The fraction of sp³-hybridized carbons (Fsp3) is 0.412. The second-order valence-corrected chi connectivity index (χ2v) is 11.6. The Labute approximate surface area is 238 Å². The summed E-state index contributed by atoms with van der Waals surface area (Å²) < 4.78 is 0. The molecule has 0 unspecified atom stereocenters.